The number of urea groups is 1. The molecule has 1 fully saturated rings. The van der Waals surface area contributed by atoms with E-state index < -0.39 is 11.9 Å². The summed E-state index contributed by atoms with van der Waals surface area (Å²) in [6.45, 7) is -0.307. The van der Waals surface area contributed by atoms with Crippen molar-refractivity contribution in [3.63, 3.8) is 0 Å². The van der Waals surface area contributed by atoms with E-state index in [1.54, 1.807) is 0 Å². The van der Waals surface area contributed by atoms with Crippen LogP contribution in [0.25, 0.3) is 0 Å². The largest absolute Gasteiger partial charge is 0.368 e. The van der Waals surface area contributed by atoms with Gasteiger partial charge in [-0.2, -0.15) is 0 Å². The Labute approximate surface area is 75.8 Å². The average molecular weight is 187 g/mol. The number of primary amides is 1. The van der Waals surface area contributed by atoms with Crippen LogP contribution in [-0.2, 0) is 9.63 Å². The Morgan fingerprint density at radius 1 is 1.46 bits per heavy atom. The molecular weight excluding hydrogens is 174 g/mol. The highest BCUT2D eigenvalue weighted by atomic mass is 16.7. The molecule has 4 N–H and O–H groups in total. The molecule has 0 aromatic carbocycles. The van der Waals surface area contributed by atoms with Crippen molar-refractivity contribution in [2.45, 2.75) is 25.3 Å². The second-order valence-electron chi connectivity index (χ2n) is 2.96. The number of nitrogens with one attached hydrogen (secondary N) is 2. The van der Waals surface area contributed by atoms with Crippen molar-refractivity contribution in [3.8, 4) is 0 Å². The summed E-state index contributed by atoms with van der Waals surface area (Å²) in [4.78, 5) is 25.6. The molecule has 6 heteroatoms. The van der Waals surface area contributed by atoms with Crippen molar-refractivity contribution in [3.05, 3.63) is 0 Å². The van der Waals surface area contributed by atoms with E-state index >= 15 is 0 Å². The molecule has 1 aliphatic rings. The summed E-state index contributed by atoms with van der Waals surface area (Å²) in [5.74, 6) is -0.621. The molecule has 0 unspecified atom stereocenters. The Bertz CT molecular complexity index is 203. The van der Waals surface area contributed by atoms with Crippen LogP contribution in [0.3, 0.4) is 0 Å². The molecule has 74 valence electrons. The lowest BCUT2D eigenvalue weighted by Gasteiger charge is -2.26. The highest BCUT2D eigenvalue weighted by Crippen LogP contribution is 2.17. The van der Waals surface area contributed by atoms with E-state index in [0.29, 0.717) is 0 Å². The summed E-state index contributed by atoms with van der Waals surface area (Å²) in [7, 11) is 0. The minimum atomic E-state index is -0.621. The summed E-state index contributed by atoms with van der Waals surface area (Å²) in [6, 6.07) is -0.178. The SMILES string of the molecule is NC(=O)CONC(=O)NC1CCC1. The molecule has 6 nitrogen and oxygen atoms in total. The molecule has 0 saturated heterocycles. The summed E-state index contributed by atoms with van der Waals surface area (Å²) < 4.78 is 0. The number of carbonyl (C=O) groups excluding carboxylic acids is 2. The monoisotopic (exact) mass is 187 g/mol. The van der Waals surface area contributed by atoms with Crippen molar-refractivity contribution < 1.29 is 14.4 Å². The Balaban J connectivity index is 2.00. The molecule has 1 rings (SSSR count). The number of hydrogen-bond donors (Lipinski definition) is 3. The summed E-state index contributed by atoms with van der Waals surface area (Å²) >= 11 is 0. The van der Waals surface area contributed by atoms with E-state index in [2.05, 4.69) is 15.6 Å². The molecule has 0 heterocycles. The molecule has 0 aromatic heterocycles. The van der Waals surface area contributed by atoms with Gasteiger partial charge < -0.3 is 11.1 Å². The molecular formula is C7H13N3O3. The Morgan fingerprint density at radius 3 is 2.62 bits per heavy atom. The van der Waals surface area contributed by atoms with Gasteiger partial charge in [0.15, 0.2) is 6.61 Å². The molecule has 1 aliphatic carbocycles. The number of carbonyl (C=O) groups is 2. The first-order chi connectivity index (χ1) is 6.18. The molecule has 13 heavy (non-hydrogen) atoms. The lowest BCUT2D eigenvalue weighted by molar-refractivity contribution is -0.124. The third kappa shape index (κ3) is 3.75. The smallest absolute Gasteiger partial charge is 0.338 e. The second kappa shape index (κ2) is 4.66. The van der Waals surface area contributed by atoms with Crippen LogP contribution in [0.1, 0.15) is 19.3 Å². The van der Waals surface area contributed by atoms with Crippen molar-refractivity contribution in [2.75, 3.05) is 6.61 Å². The van der Waals surface area contributed by atoms with Crippen molar-refractivity contribution >= 4 is 11.9 Å². The first-order valence-corrected chi connectivity index (χ1v) is 4.15. The fourth-order valence-corrected chi connectivity index (χ4v) is 0.940. The minimum Gasteiger partial charge on any atom is -0.368 e. The van der Waals surface area contributed by atoms with Crippen molar-refractivity contribution in [1.82, 2.24) is 10.8 Å². The second-order valence-corrected chi connectivity index (χ2v) is 2.96. The van der Waals surface area contributed by atoms with E-state index in [1.165, 1.54) is 0 Å². The zero-order chi connectivity index (χ0) is 9.68. The predicted molar refractivity (Wildman–Crippen MR) is 44.5 cm³/mol. The Kier molecular flexibility index (Phi) is 3.51. The maximum absolute atomic E-state index is 10.9. The highest BCUT2D eigenvalue weighted by molar-refractivity contribution is 5.76. The number of hydroxylamine groups is 1. The van der Waals surface area contributed by atoms with Crippen LogP contribution in [0.2, 0.25) is 0 Å². The van der Waals surface area contributed by atoms with Crippen LogP contribution in [0, 0.1) is 0 Å². The molecule has 0 aliphatic heterocycles. The number of rotatable bonds is 4. The zero-order valence-electron chi connectivity index (χ0n) is 7.21. The number of amides is 3. The van der Waals surface area contributed by atoms with Gasteiger partial charge in [0.1, 0.15) is 0 Å². The average Bonchev–Trinajstić information content (AvgIpc) is 1.96. The first-order valence-electron chi connectivity index (χ1n) is 4.15. The van der Waals surface area contributed by atoms with Crippen LogP contribution >= 0.6 is 0 Å². The van der Waals surface area contributed by atoms with Gasteiger partial charge in [0.2, 0.25) is 5.91 Å². The zero-order valence-corrected chi connectivity index (χ0v) is 7.21. The van der Waals surface area contributed by atoms with Crippen molar-refractivity contribution in [2.24, 2.45) is 5.73 Å². The summed E-state index contributed by atoms with van der Waals surface area (Å²) in [5.41, 5.74) is 6.84. The van der Waals surface area contributed by atoms with Crippen LogP contribution in [-0.4, -0.2) is 24.6 Å². The van der Waals surface area contributed by atoms with Gasteiger partial charge in [-0.05, 0) is 19.3 Å². The van der Waals surface area contributed by atoms with Gasteiger partial charge in [-0.1, -0.05) is 0 Å². The lowest BCUT2D eigenvalue weighted by Crippen LogP contribution is -2.45. The fourth-order valence-electron chi connectivity index (χ4n) is 0.940. The molecule has 0 atom stereocenters. The fraction of sp³-hybridized carbons (Fsp3) is 0.714. The highest BCUT2D eigenvalue weighted by Gasteiger charge is 2.19. The standard InChI is InChI=1S/C7H13N3O3/c8-6(11)4-13-10-7(12)9-5-2-1-3-5/h5H,1-4H2,(H2,8,11)(H2,9,10,12). The Morgan fingerprint density at radius 2 is 2.15 bits per heavy atom. The first kappa shape index (κ1) is 9.79. The van der Waals surface area contributed by atoms with Crippen molar-refractivity contribution in [1.29, 1.82) is 0 Å². The molecule has 3 amide bonds. The maximum Gasteiger partial charge on any atom is 0.338 e. The van der Waals surface area contributed by atoms with Crippen LogP contribution in [0.4, 0.5) is 4.79 Å². The van der Waals surface area contributed by atoms with Gasteiger partial charge in [-0.3, -0.25) is 9.63 Å². The third-order valence-electron chi connectivity index (χ3n) is 1.82. The van der Waals surface area contributed by atoms with E-state index in [0.717, 1.165) is 19.3 Å². The van der Waals surface area contributed by atoms with Gasteiger partial charge in [0.05, 0.1) is 0 Å². The number of nitrogens with two attached hydrogens (primary N) is 1. The van der Waals surface area contributed by atoms with E-state index in [-0.39, 0.29) is 12.6 Å². The minimum absolute atomic E-state index is 0.247. The van der Waals surface area contributed by atoms with Crippen LogP contribution in [0.5, 0.6) is 0 Å². The number of hydrogen-bond acceptors (Lipinski definition) is 3. The van der Waals surface area contributed by atoms with Gasteiger partial charge in [0.25, 0.3) is 0 Å². The van der Waals surface area contributed by atoms with Gasteiger partial charge in [0, 0.05) is 6.04 Å². The summed E-state index contributed by atoms with van der Waals surface area (Å²) in [5, 5.41) is 2.66. The van der Waals surface area contributed by atoms with E-state index in [4.69, 9.17) is 5.73 Å². The Hall–Kier alpha value is -1.30. The summed E-state index contributed by atoms with van der Waals surface area (Å²) in [6.07, 6.45) is 3.15. The predicted octanol–water partition coefficient (Wildman–Crippen LogP) is -0.745. The molecule has 0 spiro atoms. The molecule has 0 aromatic rings. The molecule has 0 bridgehead atoms. The maximum atomic E-state index is 10.9. The van der Waals surface area contributed by atoms with E-state index in [1.807, 2.05) is 0 Å². The normalized spacial score (nSPS) is 16.0. The van der Waals surface area contributed by atoms with Gasteiger partial charge >= 0.3 is 6.03 Å². The van der Waals surface area contributed by atoms with Crippen LogP contribution in [0.15, 0.2) is 0 Å². The third-order valence-corrected chi connectivity index (χ3v) is 1.82. The molecule has 1 saturated carbocycles. The topological polar surface area (TPSA) is 93.5 Å². The van der Waals surface area contributed by atoms with Gasteiger partial charge in [-0.25, -0.2) is 10.3 Å². The van der Waals surface area contributed by atoms with Crippen LogP contribution < -0.4 is 16.5 Å². The lowest BCUT2D eigenvalue weighted by atomic mass is 9.93. The van der Waals surface area contributed by atoms with Gasteiger partial charge in [-0.15, -0.1) is 0 Å². The quantitative estimate of drug-likeness (QED) is 0.506. The van der Waals surface area contributed by atoms with E-state index in [9.17, 15) is 9.59 Å². The molecule has 0 radical (unpaired) electrons.